The van der Waals surface area contributed by atoms with Gasteiger partial charge in [-0.2, -0.15) is 0 Å². The van der Waals surface area contributed by atoms with E-state index in [2.05, 4.69) is 0 Å². The fraction of sp³-hybridized carbons (Fsp3) is 0.750. The summed E-state index contributed by atoms with van der Waals surface area (Å²) in [5, 5.41) is 17.4. The van der Waals surface area contributed by atoms with Crippen molar-refractivity contribution in [2.45, 2.75) is 31.7 Å². The summed E-state index contributed by atoms with van der Waals surface area (Å²) in [5.41, 5.74) is 0. The molecule has 0 aromatic carbocycles. The number of carbonyl (C=O) groups is 2. The van der Waals surface area contributed by atoms with E-state index in [1.165, 1.54) is 0 Å². The summed E-state index contributed by atoms with van der Waals surface area (Å²) in [6.45, 7) is 1.88. The molecule has 0 radical (unpaired) electrons. The van der Waals surface area contributed by atoms with Gasteiger partial charge in [0.1, 0.15) is 0 Å². The summed E-state index contributed by atoms with van der Waals surface area (Å²) in [7, 11) is 0. The van der Waals surface area contributed by atoms with E-state index in [9.17, 15) is 9.59 Å². The van der Waals surface area contributed by atoms with Gasteiger partial charge in [-0.1, -0.05) is 0 Å². The van der Waals surface area contributed by atoms with Crippen LogP contribution in [0.3, 0.4) is 0 Å². The molecule has 3 unspecified atom stereocenters. The normalized spacial score (nSPS) is 33.4. The van der Waals surface area contributed by atoms with Crippen LogP contribution in [0, 0.1) is 0 Å². The van der Waals surface area contributed by atoms with Crippen LogP contribution in [0.2, 0.25) is 0 Å². The van der Waals surface area contributed by atoms with Gasteiger partial charge >= 0.3 is 11.9 Å². The molecular weight excluding hydrogens is 192 g/mol. The first-order valence-electron chi connectivity index (χ1n) is 4.25. The third kappa shape index (κ3) is 2.43. The maximum absolute atomic E-state index is 10.7. The highest BCUT2D eigenvalue weighted by atomic mass is 16.6. The number of aliphatic carboxylic acids is 2. The maximum Gasteiger partial charge on any atom is 0.336 e. The Labute approximate surface area is 80.4 Å². The van der Waals surface area contributed by atoms with Gasteiger partial charge in [-0.15, -0.1) is 0 Å². The SMILES string of the molecule is CC1CCOC(C(=O)O)C(C(=O)O)O1. The highest BCUT2D eigenvalue weighted by Gasteiger charge is 2.38. The molecule has 2 N–H and O–H groups in total. The van der Waals surface area contributed by atoms with E-state index in [4.69, 9.17) is 19.7 Å². The molecule has 0 saturated carbocycles. The summed E-state index contributed by atoms with van der Waals surface area (Å²) in [6.07, 6.45) is -2.66. The van der Waals surface area contributed by atoms with Gasteiger partial charge in [-0.05, 0) is 13.3 Å². The number of carboxylic acid groups (broad SMARTS) is 2. The van der Waals surface area contributed by atoms with E-state index in [1.54, 1.807) is 6.92 Å². The molecule has 1 aliphatic rings. The Morgan fingerprint density at radius 1 is 1.21 bits per heavy atom. The molecule has 1 rings (SSSR count). The van der Waals surface area contributed by atoms with Crippen LogP contribution in [-0.2, 0) is 19.1 Å². The number of hydrogen-bond donors (Lipinski definition) is 2. The van der Waals surface area contributed by atoms with E-state index in [0.717, 1.165) is 0 Å². The van der Waals surface area contributed by atoms with Crippen LogP contribution in [0.5, 0.6) is 0 Å². The second kappa shape index (κ2) is 4.39. The van der Waals surface area contributed by atoms with E-state index in [0.29, 0.717) is 6.42 Å². The van der Waals surface area contributed by atoms with Crippen LogP contribution >= 0.6 is 0 Å². The van der Waals surface area contributed by atoms with Crippen molar-refractivity contribution >= 4 is 11.9 Å². The molecule has 0 aliphatic carbocycles. The third-order valence-electron chi connectivity index (χ3n) is 1.96. The van der Waals surface area contributed by atoms with Gasteiger partial charge in [0.25, 0.3) is 0 Å². The molecule has 14 heavy (non-hydrogen) atoms. The van der Waals surface area contributed by atoms with Gasteiger partial charge in [-0.25, -0.2) is 9.59 Å². The molecule has 1 heterocycles. The minimum atomic E-state index is -1.43. The average Bonchev–Trinajstić information content (AvgIpc) is 2.26. The van der Waals surface area contributed by atoms with Crippen molar-refractivity contribution < 1.29 is 29.3 Å². The first-order chi connectivity index (χ1) is 6.52. The van der Waals surface area contributed by atoms with E-state index < -0.39 is 24.1 Å². The standard InChI is InChI=1S/C8H12O6/c1-4-2-3-13-5(7(9)10)6(14-4)8(11)12/h4-6H,2-3H2,1H3,(H,9,10)(H,11,12). The lowest BCUT2D eigenvalue weighted by atomic mass is 10.2. The topological polar surface area (TPSA) is 93.1 Å². The Bertz CT molecular complexity index is 238. The second-order valence-electron chi connectivity index (χ2n) is 3.12. The largest absolute Gasteiger partial charge is 0.479 e. The molecule has 6 heteroatoms. The Morgan fingerprint density at radius 3 is 2.29 bits per heavy atom. The molecule has 1 aliphatic heterocycles. The quantitative estimate of drug-likeness (QED) is 0.642. The first-order valence-corrected chi connectivity index (χ1v) is 4.25. The monoisotopic (exact) mass is 204 g/mol. The van der Waals surface area contributed by atoms with Gasteiger partial charge < -0.3 is 19.7 Å². The van der Waals surface area contributed by atoms with Crippen LogP contribution in [0.4, 0.5) is 0 Å². The lowest BCUT2D eigenvalue weighted by Gasteiger charge is -2.18. The van der Waals surface area contributed by atoms with Crippen molar-refractivity contribution in [3.05, 3.63) is 0 Å². The summed E-state index contributed by atoms with van der Waals surface area (Å²) in [6, 6.07) is 0. The minimum absolute atomic E-state index is 0.196. The zero-order chi connectivity index (χ0) is 10.7. The first kappa shape index (κ1) is 10.9. The summed E-state index contributed by atoms with van der Waals surface area (Å²) in [5.74, 6) is -2.63. The zero-order valence-electron chi connectivity index (χ0n) is 7.67. The number of rotatable bonds is 2. The Hall–Kier alpha value is -1.14. The van der Waals surface area contributed by atoms with Gasteiger partial charge in [0, 0.05) is 0 Å². The van der Waals surface area contributed by atoms with Gasteiger partial charge in [-0.3, -0.25) is 0 Å². The molecule has 1 saturated heterocycles. The van der Waals surface area contributed by atoms with Gasteiger partial charge in [0.15, 0.2) is 12.2 Å². The number of hydrogen-bond acceptors (Lipinski definition) is 4. The van der Waals surface area contributed by atoms with Crippen LogP contribution in [0.15, 0.2) is 0 Å². The van der Waals surface area contributed by atoms with Crippen LogP contribution < -0.4 is 0 Å². The van der Waals surface area contributed by atoms with Crippen molar-refractivity contribution in [3.63, 3.8) is 0 Å². The average molecular weight is 204 g/mol. The van der Waals surface area contributed by atoms with Crippen LogP contribution in [0.25, 0.3) is 0 Å². The molecule has 0 aromatic heterocycles. The number of ether oxygens (including phenoxy) is 2. The van der Waals surface area contributed by atoms with E-state index in [1.807, 2.05) is 0 Å². The molecular formula is C8H12O6. The fourth-order valence-electron chi connectivity index (χ4n) is 1.23. The summed E-state index contributed by atoms with van der Waals surface area (Å²) < 4.78 is 9.94. The van der Waals surface area contributed by atoms with E-state index >= 15 is 0 Å². The third-order valence-corrected chi connectivity index (χ3v) is 1.96. The molecule has 0 spiro atoms. The molecule has 0 bridgehead atoms. The Balaban J connectivity index is 2.79. The molecule has 0 amide bonds. The van der Waals surface area contributed by atoms with Crippen LogP contribution in [0.1, 0.15) is 13.3 Å². The zero-order valence-corrected chi connectivity index (χ0v) is 7.67. The highest BCUT2D eigenvalue weighted by Crippen LogP contribution is 2.15. The van der Waals surface area contributed by atoms with Crippen molar-refractivity contribution in [2.75, 3.05) is 6.61 Å². The Morgan fingerprint density at radius 2 is 1.79 bits per heavy atom. The van der Waals surface area contributed by atoms with Crippen molar-refractivity contribution in [2.24, 2.45) is 0 Å². The second-order valence-corrected chi connectivity index (χ2v) is 3.12. The fourth-order valence-corrected chi connectivity index (χ4v) is 1.23. The number of carboxylic acids is 2. The molecule has 1 fully saturated rings. The molecule has 6 nitrogen and oxygen atoms in total. The van der Waals surface area contributed by atoms with Gasteiger partial charge in [0.05, 0.1) is 12.7 Å². The summed E-state index contributed by atoms with van der Waals surface area (Å²) >= 11 is 0. The predicted molar refractivity (Wildman–Crippen MR) is 44.0 cm³/mol. The molecule has 0 aromatic rings. The Kier molecular flexibility index (Phi) is 3.43. The van der Waals surface area contributed by atoms with Crippen molar-refractivity contribution in [3.8, 4) is 0 Å². The predicted octanol–water partition coefficient (Wildman–Crippen LogP) is -0.282. The van der Waals surface area contributed by atoms with Crippen molar-refractivity contribution in [1.29, 1.82) is 0 Å². The smallest absolute Gasteiger partial charge is 0.336 e. The maximum atomic E-state index is 10.7. The molecule has 3 atom stereocenters. The van der Waals surface area contributed by atoms with E-state index in [-0.39, 0.29) is 12.7 Å². The minimum Gasteiger partial charge on any atom is -0.479 e. The highest BCUT2D eigenvalue weighted by molar-refractivity contribution is 5.83. The molecule has 80 valence electrons. The lowest BCUT2D eigenvalue weighted by molar-refractivity contribution is -0.173. The van der Waals surface area contributed by atoms with Crippen molar-refractivity contribution in [1.82, 2.24) is 0 Å². The van der Waals surface area contributed by atoms with Crippen LogP contribution in [-0.4, -0.2) is 47.1 Å². The van der Waals surface area contributed by atoms with Gasteiger partial charge in [0.2, 0.25) is 0 Å². The summed E-state index contributed by atoms with van der Waals surface area (Å²) in [4.78, 5) is 21.4. The lowest BCUT2D eigenvalue weighted by Crippen LogP contribution is -2.43.